The van der Waals surface area contributed by atoms with Crippen molar-refractivity contribution < 1.29 is 18.3 Å². The fraction of sp³-hybridized carbons (Fsp3) is 0.125. The lowest BCUT2D eigenvalue weighted by atomic mass is 10.1. The van der Waals surface area contributed by atoms with E-state index in [0.29, 0.717) is 5.56 Å². The fourth-order valence-electron chi connectivity index (χ4n) is 3.05. The summed E-state index contributed by atoms with van der Waals surface area (Å²) < 4.78 is 37.9. The second-order valence-corrected chi connectivity index (χ2v) is 8.01. The van der Waals surface area contributed by atoms with Gasteiger partial charge < -0.3 is 5.11 Å². The number of aromatic nitrogens is 1. The summed E-state index contributed by atoms with van der Waals surface area (Å²) in [6.07, 6.45) is -1.03. The molecule has 6 heteroatoms. The number of alkyl halides is 3. The van der Waals surface area contributed by atoms with E-state index in [1.165, 1.54) is 11.3 Å². The molecule has 0 fully saturated rings. The Bertz CT molecular complexity index is 1180. The van der Waals surface area contributed by atoms with Gasteiger partial charge in [0.25, 0.3) is 0 Å². The van der Waals surface area contributed by atoms with E-state index in [0.717, 1.165) is 31.9 Å². The Kier molecular flexibility index (Phi) is 5.59. The molecule has 0 aliphatic heterocycles. The number of aromatic hydroxyl groups is 1. The summed E-state index contributed by atoms with van der Waals surface area (Å²) in [4.78, 5) is 4.60. The van der Waals surface area contributed by atoms with Crippen LogP contribution in [0.15, 0.2) is 66.7 Å². The van der Waals surface area contributed by atoms with Crippen LogP contribution in [0.5, 0.6) is 5.75 Å². The summed E-state index contributed by atoms with van der Waals surface area (Å²) in [5.74, 6) is 0.228. The number of benzene rings is 3. The Labute approximate surface area is 176 Å². The van der Waals surface area contributed by atoms with Crippen molar-refractivity contribution in [1.82, 2.24) is 4.98 Å². The van der Waals surface area contributed by atoms with Gasteiger partial charge in [-0.05, 0) is 41.3 Å². The van der Waals surface area contributed by atoms with Crippen molar-refractivity contribution in [3.05, 3.63) is 83.4 Å². The molecule has 1 N–H and O–H groups in total. The Morgan fingerprint density at radius 1 is 0.867 bits per heavy atom. The quantitative estimate of drug-likeness (QED) is 0.340. The first-order chi connectivity index (χ1) is 14.4. The van der Waals surface area contributed by atoms with Gasteiger partial charge in [-0.15, -0.1) is 11.3 Å². The number of thiazole rings is 1. The highest BCUT2D eigenvalue weighted by molar-refractivity contribution is 7.21. The van der Waals surface area contributed by atoms with Crippen LogP contribution in [-0.4, -0.2) is 16.3 Å². The van der Waals surface area contributed by atoms with Gasteiger partial charge in [0, 0.05) is 12.0 Å². The zero-order valence-electron chi connectivity index (χ0n) is 15.9. The number of fused-ring (bicyclic) bond motifs is 1. The number of phenols is 1. The molecule has 0 amide bonds. The van der Waals surface area contributed by atoms with E-state index >= 15 is 0 Å². The third-order valence-electron chi connectivity index (χ3n) is 4.67. The molecular weight excluding hydrogens is 407 g/mol. The highest BCUT2D eigenvalue weighted by Gasteiger charge is 2.26. The lowest BCUT2D eigenvalue weighted by Crippen LogP contribution is -2.08. The van der Waals surface area contributed by atoms with Gasteiger partial charge in [-0.1, -0.05) is 60.7 Å². The maximum atomic E-state index is 12.3. The molecule has 0 aliphatic carbocycles. The van der Waals surface area contributed by atoms with E-state index in [-0.39, 0.29) is 12.2 Å². The Morgan fingerprint density at radius 3 is 2.13 bits per heavy atom. The van der Waals surface area contributed by atoms with Gasteiger partial charge in [0.15, 0.2) is 0 Å². The van der Waals surface area contributed by atoms with Crippen LogP contribution < -0.4 is 0 Å². The summed E-state index contributed by atoms with van der Waals surface area (Å²) >= 11 is 1.53. The van der Waals surface area contributed by atoms with Crippen molar-refractivity contribution in [3.8, 4) is 16.3 Å². The third kappa shape index (κ3) is 5.07. The van der Waals surface area contributed by atoms with E-state index < -0.39 is 12.6 Å². The van der Waals surface area contributed by atoms with Crippen molar-refractivity contribution in [3.63, 3.8) is 0 Å². The zero-order chi connectivity index (χ0) is 21.1. The number of rotatable bonds is 5. The standard InChI is InChI=1S/C24H18F3NOS/c25-24(26,27)14-13-18-5-3-16(4-6-18)1-2-17-7-9-19(10-8-17)23-28-21-12-11-20(29)15-22(21)30-23/h1-12,15,29H,13-14H2/b2-1+. The maximum Gasteiger partial charge on any atom is 0.389 e. The van der Waals surface area contributed by atoms with Crippen molar-refractivity contribution in [2.24, 2.45) is 0 Å². The third-order valence-corrected chi connectivity index (χ3v) is 5.74. The number of phenolic OH excluding ortho intramolecular Hbond substituents is 1. The van der Waals surface area contributed by atoms with Gasteiger partial charge in [0.2, 0.25) is 0 Å². The molecule has 0 atom stereocenters. The molecule has 4 aromatic rings. The molecule has 0 spiro atoms. The highest BCUT2D eigenvalue weighted by Crippen LogP contribution is 2.32. The van der Waals surface area contributed by atoms with E-state index in [1.54, 1.807) is 30.3 Å². The molecule has 0 aliphatic rings. The monoisotopic (exact) mass is 425 g/mol. The SMILES string of the molecule is Oc1ccc2nc(-c3ccc(/C=C/c4ccc(CCC(F)(F)F)cc4)cc3)sc2c1. The summed E-state index contributed by atoms with van der Waals surface area (Å²) in [5, 5.41) is 10.5. The molecule has 3 aromatic carbocycles. The molecular formula is C24H18F3NOS. The van der Waals surface area contributed by atoms with Gasteiger partial charge in [-0.2, -0.15) is 13.2 Å². The average Bonchev–Trinajstić information content (AvgIpc) is 3.14. The minimum atomic E-state index is -4.13. The summed E-state index contributed by atoms with van der Waals surface area (Å²) in [6.45, 7) is 0. The number of nitrogens with zero attached hydrogens (tertiary/aromatic N) is 1. The van der Waals surface area contributed by atoms with Crippen LogP contribution in [0, 0.1) is 0 Å². The van der Waals surface area contributed by atoms with E-state index in [4.69, 9.17) is 0 Å². The van der Waals surface area contributed by atoms with Crippen LogP contribution in [0.4, 0.5) is 13.2 Å². The smallest absolute Gasteiger partial charge is 0.389 e. The maximum absolute atomic E-state index is 12.3. The van der Waals surface area contributed by atoms with E-state index in [2.05, 4.69) is 4.98 Å². The normalized spacial score (nSPS) is 12.1. The summed E-state index contributed by atoms with van der Waals surface area (Å²) in [5.41, 5.74) is 4.48. The van der Waals surface area contributed by atoms with E-state index in [9.17, 15) is 18.3 Å². The number of hydrogen-bond donors (Lipinski definition) is 1. The van der Waals surface area contributed by atoms with Crippen LogP contribution in [0.25, 0.3) is 32.9 Å². The Balaban J connectivity index is 1.43. The van der Waals surface area contributed by atoms with Crippen LogP contribution >= 0.6 is 11.3 Å². The topological polar surface area (TPSA) is 33.1 Å². The molecule has 0 saturated heterocycles. The second kappa shape index (κ2) is 8.32. The van der Waals surface area contributed by atoms with Crippen LogP contribution in [0.1, 0.15) is 23.1 Å². The van der Waals surface area contributed by atoms with Gasteiger partial charge in [-0.25, -0.2) is 4.98 Å². The Hall–Kier alpha value is -3.12. The van der Waals surface area contributed by atoms with Crippen molar-refractivity contribution >= 4 is 33.7 Å². The molecule has 30 heavy (non-hydrogen) atoms. The average molecular weight is 425 g/mol. The number of halogens is 3. The minimum absolute atomic E-state index is 0.000337. The van der Waals surface area contributed by atoms with Crippen molar-refractivity contribution in [2.45, 2.75) is 19.0 Å². The zero-order valence-corrected chi connectivity index (χ0v) is 16.7. The lowest BCUT2D eigenvalue weighted by molar-refractivity contribution is -0.133. The molecule has 1 aromatic heterocycles. The largest absolute Gasteiger partial charge is 0.508 e. The molecule has 0 bridgehead atoms. The number of aryl methyl sites for hydroxylation is 1. The molecule has 0 unspecified atom stereocenters. The molecule has 1 heterocycles. The van der Waals surface area contributed by atoms with Crippen LogP contribution in [0.2, 0.25) is 0 Å². The summed E-state index contributed by atoms with van der Waals surface area (Å²) in [7, 11) is 0. The van der Waals surface area contributed by atoms with Crippen molar-refractivity contribution in [1.29, 1.82) is 0 Å². The van der Waals surface area contributed by atoms with Crippen LogP contribution in [-0.2, 0) is 6.42 Å². The molecule has 0 saturated carbocycles. The fourth-order valence-corrected chi connectivity index (χ4v) is 4.05. The second-order valence-electron chi connectivity index (χ2n) is 6.98. The minimum Gasteiger partial charge on any atom is -0.508 e. The first-order valence-electron chi connectivity index (χ1n) is 9.39. The van der Waals surface area contributed by atoms with Gasteiger partial charge in [0.05, 0.1) is 10.2 Å². The van der Waals surface area contributed by atoms with Crippen LogP contribution in [0.3, 0.4) is 0 Å². The lowest BCUT2D eigenvalue weighted by Gasteiger charge is -2.06. The highest BCUT2D eigenvalue weighted by atomic mass is 32.1. The molecule has 4 rings (SSSR count). The predicted octanol–water partition coefficient (Wildman–Crippen LogP) is 7.33. The molecule has 152 valence electrons. The van der Waals surface area contributed by atoms with E-state index in [1.807, 2.05) is 48.6 Å². The number of hydrogen-bond acceptors (Lipinski definition) is 3. The molecule has 2 nitrogen and oxygen atoms in total. The van der Waals surface area contributed by atoms with Gasteiger partial charge >= 0.3 is 6.18 Å². The molecule has 0 radical (unpaired) electrons. The Morgan fingerprint density at radius 2 is 1.50 bits per heavy atom. The first kappa shape index (κ1) is 20.2. The van der Waals surface area contributed by atoms with Crippen molar-refractivity contribution in [2.75, 3.05) is 0 Å². The predicted molar refractivity (Wildman–Crippen MR) is 116 cm³/mol. The first-order valence-corrected chi connectivity index (χ1v) is 10.2. The van der Waals surface area contributed by atoms with Gasteiger partial charge in [0.1, 0.15) is 10.8 Å². The van der Waals surface area contributed by atoms with Gasteiger partial charge in [-0.3, -0.25) is 0 Å². The summed E-state index contributed by atoms with van der Waals surface area (Å²) in [6, 6.07) is 20.2.